The standard InChI is InChI=1S/C15H16BrN3O4/c1-23-8-11-7-12(19-18-11)14(20)17-13(15(21)22)6-9-3-2-4-10(16)5-9/h2-5,7,13H,6,8H2,1H3,(H,17,20)(H,18,19)(H,21,22). The van der Waals surface area contributed by atoms with Crippen LogP contribution < -0.4 is 5.32 Å². The van der Waals surface area contributed by atoms with E-state index in [1.54, 1.807) is 6.07 Å². The first-order chi connectivity index (χ1) is 11.0. The number of hydrogen-bond donors (Lipinski definition) is 3. The molecule has 0 bridgehead atoms. The van der Waals surface area contributed by atoms with Crippen LogP contribution in [-0.2, 0) is 22.6 Å². The van der Waals surface area contributed by atoms with Gasteiger partial charge in [-0.3, -0.25) is 9.89 Å². The SMILES string of the molecule is COCc1cc(C(=O)NC(Cc2cccc(Br)c2)C(=O)O)n[nH]1. The number of hydrogen-bond acceptors (Lipinski definition) is 4. The number of amides is 1. The molecule has 122 valence electrons. The highest BCUT2D eigenvalue weighted by molar-refractivity contribution is 9.10. The van der Waals surface area contributed by atoms with Crippen molar-refractivity contribution in [3.05, 3.63) is 51.8 Å². The molecular formula is C15H16BrN3O4. The molecule has 0 fully saturated rings. The van der Waals surface area contributed by atoms with E-state index in [2.05, 4.69) is 31.4 Å². The average Bonchev–Trinajstić information content (AvgIpc) is 2.95. The van der Waals surface area contributed by atoms with Gasteiger partial charge in [-0.2, -0.15) is 5.10 Å². The third-order valence-electron chi connectivity index (χ3n) is 3.10. The van der Waals surface area contributed by atoms with Gasteiger partial charge in [-0.05, 0) is 23.8 Å². The maximum absolute atomic E-state index is 12.1. The van der Waals surface area contributed by atoms with E-state index in [9.17, 15) is 14.7 Å². The third-order valence-corrected chi connectivity index (χ3v) is 3.59. The van der Waals surface area contributed by atoms with Gasteiger partial charge in [0, 0.05) is 18.0 Å². The quantitative estimate of drug-likeness (QED) is 0.677. The van der Waals surface area contributed by atoms with Crippen molar-refractivity contribution in [1.82, 2.24) is 15.5 Å². The summed E-state index contributed by atoms with van der Waals surface area (Å²) in [6.07, 6.45) is 0.176. The molecule has 8 heteroatoms. The average molecular weight is 382 g/mol. The molecule has 1 unspecified atom stereocenters. The molecule has 0 aliphatic heterocycles. The van der Waals surface area contributed by atoms with Gasteiger partial charge in [-0.1, -0.05) is 28.1 Å². The fourth-order valence-electron chi connectivity index (χ4n) is 2.04. The summed E-state index contributed by atoms with van der Waals surface area (Å²) in [5.41, 5.74) is 1.56. The molecule has 1 amide bonds. The number of methoxy groups -OCH3 is 1. The Bertz CT molecular complexity index is 702. The summed E-state index contributed by atoms with van der Waals surface area (Å²) in [6.45, 7) is 0.292. The summed E-state index contributed by atoms with van der Waals surface area (Å²) in [7, 11) is 1.53. The third kappa shape index (κ3) is 4.90. The van der Waals surface area contributed by atoms with Gasteiger partial charge in [0.2, 0.25) is 0 Å². The summed E-state index contributed by atoms with van der Waals surface area (Å²) < 4.78 is 5.78. The van der Waals surface area contributed by atoms with E-state index in [0.29, 0.717) is 12.3 Å². The van der Waals surface area contributed by atoms with Crippen molar-refractivity contribution in [2.75, 3.05) is 7.11 Å². The Hall–Kier alpha value is -2.19. The lowest BCUT2D eigenvalue weighted by Crippen LogP contribution is -2.42. The zero-order valence-electron chi connectivity index (χ0n) is 12.4. The van der Waals surface area contributed by atoms with Crippen molar-refractivity contribution in [1.29, 1.82) is 0 Å². The number of nitrogens with zero attached hydrogens (tertiary/aromatic N) is 1. The number of carbonyl (C=O) groups is 2. The number of aromatic amines is 1. The minimum atomic E-state index is -1.11. The van der Waals surface area contributed by atoms with Crippen LogP contribution in [0.15, 0.2) is 34.8 Å². The van der Waals surface area contributed by atoms with Crippen LogP contribution in [0.2, 0.25) is 0 Å². The van der Waals surface area contributed by atoms with Crippen LogP contribution in [0.3, 0.4) is 0 Å². The number of rotatable bonds is 7. The van der Waals surface area contributed by atoms with Crippen molar-refractivity contribution < 1.29 is 19.4 Å². The van der Waals surface area contributed by atoms with Gasteiger partial charge in [-0.15, -0.1) is 0 Å². The second kappa shape index (κ2) is 7.89. The van der Waals surface area contributed by atoms with E-state index < -0.39 is 17.9 Å². The minimum absolute atomic E-state index is 0.123. The minimum Gasteiger partial charge on any atom is -0.480 e. The number of carboxylic acids is 1. The highest BCUT2D eigenvalue weighted by atomic mass is 79.9. The van der Waals surface area contributed by atoms with E-state index in [-0.39, 0.29) is 12.1 Å². The lowest BCUT2D eigenvalue weighted by atomic mass is 10.1. The molecule has 0 aliphatic carbocycles. The summed E-state index contributed by atoms with van der Waals surface area (Å²) in [5.74, 6) is -1.66. The van der Waals surface area contributed by atoms with Gasteiger partial charge in [-0.25, -0.2) is 4.79 Å². The number of H-pyrrole nitrogens is 1. The normalized spacial score (nSPS) is 11.9. The van der Waals surface area contributed by atoms with Crippen LogP contribution >= 0.6 is 15.9 Å². The fourth-order valence-corrected chi connectivity index (χ4v) is 2.49. The van der Waals surface area contributed by atoms with Crippen LogP contribution in [0, 0.1) is 0 Å². The first-order valence-electron chi connectivity index (χ1n) is 6.81. The Morgan fingerprint density at radius 1 is 1.43 bits per heavy atom. The molecule has 1 atom stereocenters. The number of nitrogens with one attached hydrogen (secondary N) is 2. The molecule has 1 aromatic carbocycles. The molecule has 0 radical (unpaired) electrons. The van der Waals surface area contributed by atoms with Crippen molar-refractivity contribution in [3.8, 4) is 0 Å². The van der Waals surface area contributed by atoms with E-state index in [1.165, 1.54) is 13.2 Å². The van der Waals surface area contributed by atoms with Crippen molar-refractivity contribution in [2.24, 2.45) is 0 Å². The summed E-state index contributed by atoms with van der Waals surface area (Å²) in [6, 6.07) is 7.76. The van der Waals surface area contributed by atoms with Crippen LogP contribution in [0.4, 0.5) is 0 Å². The summed E-state index contributed by atoms with van der Waals surface area (Å²) in [5, 5.41) is 18.3. The molecule has 3 N–H and O–H groups in total. The van der Waals surface area contributed by atoms with Gasteiger partial charge in [0.1, 0.15) is 11.7 Å². The summed E-state index contributed by atoms with van der Waals surface area (Å²) >= 11 is 3.33. The molecule has 0 aliphatic rings. The van der Waals surface area contributed by atoms with Crippen molar-refractivity contribution in [3.63, 3.8) is 0 Å². The molecule has 0 saturated carbocycles. The van der Waals surface area contributed by atoms with Gasteiger partial charge in [0.15, 0.2) is 0 Å². The fraction of sp³-hybridized carbons (Fsp3) is 0.267. The Morgan fingerprint density at radius 3 is 2.87 bits per heavy atom. The predicted octanol–water partition coefficient (Wildman–Crippen LogP) is 1.74. The highest BCUT2D eigenvalue weighted by Gasteiger charge is 2.22. The molecule has 23 heavy (non-hydrogen) atoms. The number of benzene rings is 1. The topological polar surface area (TPSA) is 104 Å². The first-order valence-corrected chi connectivity index (χ1v) is 7.60. The number of carbonyl (C=O) groups excluding carboxylic acids is 1. The molecule has 1 heterocycles. The lowest BCUT2D eigenvalue weighted by Gasteiger charge is -2.14. The van der Waals surface area contributed by atoms with E-state index in [4.69, 9.17) is 4.74 Å². The van der Waals surface area contributed by atoms with Gasteiger partial charge >= 0.3 is 5.97 Å². The molecule has 0 saturated heterocycles. The van der Waals surface area contributed by atoms with E-state index in [1.807, 2.05) is 18.2 Å². The van der Waals surface area contributed by atoms with Gasteiger partial charge < -0.3 is 15.2 Å². The number of carboxylic acid groups (broad SMARTS) is 1. The first kappa shape index (κ1) is 17.2. The number of aliphatic carboxylic acids is 1. The maximum atomic E-state index is 12.1. The van der Waals surface area contributed by atoms with Crippen molar-refractivity contribution >= 4 is 27.8 Å². The molecule has 2 aromatic rings. The second-order valence-electron chi connectivity index (χ2n) is 4.91. The Kier molecular flexibility index (Phi) is 5.89. The van der Waals surface area contributed by atoms with Crippen LogP contribution in [0.5, 0.6) is 0 Å². The molecule has 7 nitrogen and oxygen atoms in total. The van der Waals surface area contributed by atoms with Crippen molar-refractivity contribution in [2.45, 2.75) is 19.1 Å². The summed E-state index contributed by atoms with van der Waals surface area (Å²) in [4.78, 5) is 23.5. The Labute approximate surface area is 141 Å². The number of halogens is 1. The molecule has 2 rings (SSSR count). The Balaban J connectivity index is 2.06. The molecule has 0 spiro atoms. The second-order valence-corrected chi connectivity index (χ2v) is 5.83. The van der Waals surface area contributed by atoms with E-state index in [0.717, 1.165) is 10.0 Å². The van der Waals surface area contributed by atoms with Crippen LogP contribution in [-0.4, -0.2) is 40.3 Å². The molecular weight excluding hydrogens is 366 g/mol. The maximum Gasteiger partial charge on any atom is 0.326 e. The number of ether oxygens (including phenoxy) is 1. The lowest BCUT2D eigenvalue weighted by molar-refractivity contribution is -0.139. The van der Waals surface area contributed by atoms with Crippen LogP contribution in [0.1, 0.15) is 21.7 Å². The smallest absolute Gasteiger partial charge is 0.326 e. The largest absolute Gasteiger partial charge is 0.480 e. The zero-order valence-corrected chi connectivity index (χ0v) is 14.0. The van der Waals surface area contributed by atoms with Gasteiger partial charge in [0.05, 0.1) is 12.3 Å². The van der Waals surface area contributed by atoms with Gasteiger partial charge in [0.25, 0.3) is 5.91 Å². The van der Waals surface area contributed by atoms with Crippen LogP contribution in [0.25, 0.3) is 0 Å². The predicted molar refractivity (Wildman–Crippen MR) is 86.0 cm³/mol. The molecule has 1 aromatic heterocycles. The number of aromatic nitrogens is 2. The zero-order chi connectivity index (χ0) is 16.8. The monoisotopic (exact) mass is 381 g/mol. The van der Waals surface area contributed by atoms with E-state index >= 15 is 0 Å². The highest BCUT2D eigenvalue weighted by Crippen LogP contribution is 2.13. The Morgan fingerprint density at radius 2 is 2.22 bits per heavy atom.